The zero-order chi connectivity index (χ0) is 22.9. The molecule has 0 radical (unpaired) electrons. The first-order valence-electron chi connectivity index (χ1n) is 10.8. The molecule has 3 heterocycles. The second-order valence-corrected chi connectivity index (χ2v) is 8.64. The van der Waals surface area contributed by atoms with Gasteiger partial charge in [0.15, 0.2) is 0 Å². The number of hydrogen-bond acceptors (Lipinski definition) is 4. The molecule has 0 spiro atoms. The van der Waals surface area contributed by atoms with E-state index in [1.54, 1.807) is 42.4 Å². The Bertz CT molecular complexity index is 1340. The first kappa shape index (κ1) is 21.2. The molecule has 3 aromatic heterocycles. The lowest BCUT2D eigenvalue weighted by molar-refractivity contribution is -0.116. The average molecular weight is 460 g/mol. The van der Waals surface area contributed by atoms with Crippen LogP contribution >= 0.6 is 11.6 Å². The molecule has 1 N–H and O–H groups in total. The van der Waals surface area contributed by atoms with Gasteiger partial charge in [0, 0.05) is 43.8 Å². The molecule has 7 nitrogen and oxygen atoms in total. The van der Waals surface area contributed by atoms with E-state index in [0.29, 0.717) is 40.1 Å². The molecule has 4 aromatic rings. The molecular formula is C25H22ClN5O2. The van der Waals surface area contributed by atoms with Crippen LogP contribution in [0.2, 0.25) is 5.02 Å². The van der Waals surface area contributed by atoms with Gasteiger partial charge < -0.3 is 14.6 Å². The van der Waals surface area contributed by atoms with Crippen molar-refractivity contribution in [1.82, 2.24) is 14.4 Å². The van der Waals surface area contributed by atoms with Gasteiger partial charge in [-0.15, -0.1) is 0 Å². The van der Waals surface area contributed by atoms with E-state index in [4.69, 9.17) is 11.6 Å². The Morgan fingerprint density at radius 1 is 1.15 bits per heavy atom. The molecule has 0 atom stereocenters. The number of pyridine rings is 2. The van der Waals surface area contributed by atoms with Crippen molar-refractivity contribution in [2.75, 3.05) is 16.8 Å². The molecule has 0 saturated heterocycles. The van der Waals surface area contributed by atoms with Crippen molar-refractivity contribution >= 4 is 40.4 Å². The number of benzene rings is 1. The van der Waals surface area contributed by atoms with Gasteiger partial charge in [0.1, 0.15) is 5.65 Å². The molecule has 1 aliphatic carbocycles. The minimum absolute atomic E-state index is 0.0165. The molecule has 0 bridgehead atoms. The topological polar surface area (TPSA) is 79.6 Å². The number of hydrogen-bond donors (Lipinski definition) is 1. The van der Waals surface area contributed by atoms with E-state index in [1.807, 2.05) is 34.9 Å². The standard InChI is InChI=1S/C25H22ClN5O2/c1-16(32)31(14-17-2-3-17)23-8-5-18(12-21(23)26)22-7-4-19(13-28-22)25(33)29-20-6-9-24-27-10-11-30(24)15-20/h4-13,15,17H,2-3,14H2,1H3,(H,29,33). The summed E-state index contributed by atoms with van der Waals surface area (Å²) in [5.74, 6) is 0.295. The monoisotopic (exact) mass is 459 g/mol. The number of nitrogens with one attached hydrogen (secondary N) is 1. The summed E-state index contributed by atoms with van der Waals surface area (Å²) in [6, 6.07) is 12.7. The fourth-order valence-corrected chi connectivity index (χ4v) is 4.02. The van der Waals surface area contributed by atoms with Gasteiger partial charge in [-0.2, -0.15) is 0 Å². The molecule has 1 saturated carbocycles. The summed E-state index contributed by atoms with van der Waals surface area (Å²) in [5.41, 5.74) is 4.14. The van der Waals surface area contributed by atoms with Gasteiger partial charge in [-0.3, -0.25) is 14.6 Å². The van der Waals surface area contributed by atoms with E-state index in [2.05, 4.69) is 15.3 Å². The minimum Gasteiger partial charge on any atom is -0.321 e. The summed E-state index contributed by atoms with van der Waals surface area (Å²) in [5, 5.41) is 3.38. The minimum atomic E-state index is -0.251. The summed E-state index contributed by atoms with van der Waals surface area (Å²) >= 11 is 6.53. The third-order valence-corrected chi connectivity index (χ3v) is 6.03. The zero-order valence-corrected chi connectivity index (χ0v) is 18.8. The number of nitrogens with zero attached hydrogens (tertiary/aromatic N) is 4. The fraction of sp³-hybridized carbons (Fsp3) is 0.200. The van der Waals surface area contributed by atoms with Crippen LogP contribution in [0.15, 0.2) is 67.3 Å². The fourth-order valence-electron chi connectivity index (χ4n) is 3.74. The van der Waals surface area contributed by atoms with Crippen molar-refractivity contribution in [3.8, 4) is 11.3 Å². The van der Waals surface area contributed by atoms with Gasteiger partial charge in [0.05, 0.1) is 27.7 Å². The van der Waals surface area contributed by atoms with Crippen LogP contribution in [0.25, 0.3) is 16.9 Å². The van der Waals surface area contributed by atoms with Crippen molar-refractivity contribution in [2.24, 2.45) is 5.92 Å². The smallest absolute Gasteiger partial charge is 0.257 e. The third-order valence-electron chi connectivity index (χ3n) is 5.72. The molecule has 1 aromatic carbocycles. The molecule has 0 aliphatic heterocycles. The van der Waals surface area contributed by atoms with Crippen molar-refractivity contribution < 1.29 is 9.59 Å². The summed E-state index contributed by atoms with van der Waals surface area (Å²) < 4.78 is 1.84. The number of imidazole rings is 1. The molecule has 33 heavy (non-hydrogen) atoms. The highest BCUT2D eigenvalue weighted by Crippen LogP contribution is 2.35. The highest BCUT2D eigenvalue weighted by molar-refractivity contribution is 6.34. The van der Waals surface area contributed by atoms with Crippen LogP contribution in [-0.2, 0) is 4.79 Å². The number of carbonyl (C=O) groups is 2. The predicted octanol–water partition coefficient (Wildman–Crippen LogP) is 5.06. The molecule has 2 amide bonds. The Morgan fingerprint density at radius 2 is 2.00 bits per heavy atom. The maximum atomic E-state index is 12.6. The summed E-state index contributed by atoms with van der Waals surface area (Å²) in [4.78, 5) is 35.1. The quantitative estimate of drug-likeness (QED) is 0.436. The molecule has 8 heteroatoms. The third kappa shape index (κ3) is 4.59. The highest BCUT2D eigenvalue weighted by Gasteiger charge is 2.27. The number of fused-ring (bicyclic) bond motifs is 1. The SMILES string of the molecule is CC(=O)N(CC1CC1)c1ccc(-c2ccc(C(=O)Nc3ccc4nccn4c3)cn2)cc1Cl. The summed E-state index contributed by atoms with van der Waals surface area (Å²) in [7, 11) is 0. The summed E-state index contributed by atoms with van der Waals surface area (Å²) in [6.07, 6.45) is 9.17. The Balaban J connectivity index is 1.31. The Hall–Kier alpha value is -3.71. The largest absolute Gasteiger partial charge is 0.321 e. The van der Waals surface area contributed by atoms with Gasteiger partial charge in [0.2, 0.25) is 5.91 Å². The molecule has 166 valence electrons. The Kier molecular flexibility index (Phi) is 5.56. The van der Waals surface area contributed by atoms with E-state index in [9.17, 15) is 9.59 Å². The molecule has 5 rings (SSSR count). The first-order chi connectivity index (χ1) is 16.0. The number of amides is 2. The van der Waals surface area contributed by atoms with E-state index in [-0.39, 0.29) is 11.8 Å². The van der Waals surface area contributed by atoms with Crippen LogP contribution in [0.1, 0.15) is 30.1 Å². The Labute approximate surface area is 196 Å². The van der Waals surface area contributed by atoms with Crippen molar-refractivity contribution in [3.05, 3.63) is 77.8 Å². The van der Waals surface area contributed by atoms with Crippen LogP contribution in [0.5, 0.6) is 0 Å². The van der Waals surface area contributed by atoms with Gasteiger partial charge in [-0.1, -0.05) is 17.7 Å². The van der Waals surface area contributed by atoms with Gasteiger partial charge >= 0.3 is 0 Å². The van der Waals surface area contributed by atoms with Gasteiger partial charge in [-0.05, 0) is 55.2 Å². The van der Waals surface area contributed by atoms with E-state index in [1.165, 1.54) is 6.20 Å². The second kappa shape index (κ2) is 8.67. The molecule has 1 fully saturated rings. The second-order valence-electron chi connectivity index (χ2n) is 8.24. The lowest BCUT2D eigenvalue weighted by Crippen LogP contribution is -2.30. The summed E-state index contributed by atoms with van der Waals surface area (Å²) in [6.45, 7) is 2.26. The number of rotatable bonds is 6. The van der Waals surface area contributed by atoms with Gasteiger partial charge in [0.25, 0.3) is 5.91 Å². The highest BCUT2D eigenvalue weighted by atomic mass is 35.5. The number of anilines is 2. The van der Waals surface area contributed by atoms with Gasteiger partial charge in [-0.25, -0.2) is 4.98 Å². The van der Waals surface area contributed by atoms with E-state index >= 15 is 0 Å². The normalized spacial score (nSPS) is 13.2. The number of aromatic nitrogens is 3. The first-order valence-corrected chi connectivity index (χ1v) is 11.1. The number of halogens is 1. The lowest BCUT2D eigenvalue weighted by atomic mass is 10.1. The van der Waals surface area contributed by atoms with E-state index < -0.39 is 0 Å². The Morgan fingerprint density at radius 3 is 2.70 bits per heavy atom. The lowest BCUT2D eigenvalue weighted by Gasteiger charge is -2.22. The molecule has 1 aliphatic rings. The number of carbonyl (C=O) groups excluding carboxylic acids is 2. The maximum absolute atomic E-state index is 12.6. The van der Waals surface area contributed by atoms with Crippen LogP contribution < -0.4 is 10.2 Å². The van der Waals surface area contributed by atoms with Crippen molar-refractivity contribution in [2.45, 2.75) is 19.8 Å². The maximum Gasteiger partial charge on any atom is 0.257 e. The molecule has 0 unspecified atom stereocenters. The zero-order valence-electron chi connectivity index (χ0n) is 18.0. The predicted molar refractivity (Wildman–Crippen MR) is 129 cm³/mol. The van der Waals surface area contributed by atoms with Crippen molar-refractivity contribution in [3.63, 3.8) is 0 Å². The average Bonchev–Trinajstić information content (AvgIpc) is 3.52. The van der Waals surface area contributed by atoms with Crippen LogP contribution in [0.3, 0.4) is 0 Å². The molecular weight excluding hydrogens is 438 g/mol. The van der Waals surface area contributed by atoms with Crippen LogP contribution in [0.4, 0.5) is 11.4 Å². The van der Waals surface area contributed by atoms with Crippen LogP contribution in [-0.4, -0.2) is 32.7 Å². The van der Waals surface area contributed by atoms with Crippen LogP contribution in [0, 0.1) is 5.92 Å². The van der Waals surface area contributed by atoms with Crippen molar-refractivity contribution in [1.29, 1.82) is 0 Å². The van der Waals surface area contributed by atoms with E-state index in [0.717, 1.165) is 24.1 Å².